The van der Waals surface area contributed by atoms with Gasteiger partial charge in [-0.3, -0.25) is 0 Å². The Bertz CT molecular complexity index is 309. The molecule has 0 aliphatic carbocycles. The fourth-order valence-corrected chi connectivity index (χ4v) is 1.85. The maximum Gasteiger partial charge on any atom is 0.129 e. The number of aromatic nitrogens is 1. The summed E-state index contributed by atoms with van der Waals surface area (Å²) < 4.78 is 0. The summed E-state index contributed by atoms with van der Waals surface area (Å²) in [5.74, 6) is 0.808. The molecule has 1 aromatic rings. The summed E-state index contributed by atoms with van der Waals surface area (Å²) in [5.41, 5.74) is 1.19. The highest BCUT2D eigenvalue weighted by Gasteiger charge is 2.03. The van der Waals surface area contributed by atoms with Crippen molar-refractivity contribution in [2.75, 3.05) is 0 Å². The Kier molecular flexibility index (Phi) is 6.53. The lowest BCUT2D eigenvalue weighted by Gasteiger charge is -2.14. The minimum Gasteiger partial charge on any atom is -0.310 e. The molecule has 1 aromatic heterocycles. The van der Waals surface area contributed by atoms with Gasteiger partial charge in [0.05, 0.1) is 0 Å². The molecule has 0 radical (unpaired) electrons. The fraction of sp³-hybridized carbons (Fsp3) is 0.643. The maximum atomic E-state index is 5.74. The highest BCUT2D eigenvalue weighted by molar-refractivity contribution is 6.29. The summed E-state index contributed by atoms with van der Waals surface area (Å²) >= 11 is 5.74. The van der Waals surface area contributed by atoms with Gasteiger partial charge in [0.25, 0.3) is 0 Å². The third kappa shape index (κ3) is 6.64. The topological polar surface area (TPSA) is 24.9 Å². The molecule has 96 valence electrons. The molecule has 17 heavy (non-hydrogen) atoms. The van der Waals surface area contributed by atoms with Crippen LogP contribution >= 0.6 is 11.6 Å². The first-order valence-corrected chi connectivity index (χ1v) is 6.79. The van der Waals surface area contributed by atoms with Gasteiger partial charge in [-0.1, -0.05) is 44.4 Å². The first-order chi connectivity index (χ1) is 8.08. The number of nitrogens with zero attached hydrogens (tertiary/aromatic N) is 1. The Morgan fingerprint density at radius 3 is 2.59 bits per heavy atom. The van der Waals surface area contributed by atoms with E-state index in [1.807, 2.05) is 18.3 Å². The van der Waals surface area contributed by atoms with Crippen LogP contribution in [0.15, 0.2) is 18.3 Å². The van der Waals surface area contributed by atoms with Gasteiger partial charge in [0, 0.05) is 18.8 Å². The molecule has 1 unspecified atom stereocenters. The molecular weight excluding hydrogens is 232 g/mol. The number of rotatable bonds is 7. The van der Waals surface area contributed by atoms with Crippen LogP contribution in [-0.4, -0.2) is 11.0 Å². The predicted octanol–water partition coefficient (Wildman–Crippen LogP) is 4.04. The van der Waals surface area contributed by atoms with Crippen molar-refractivity contribution in [1.29, 1.82) is 0 Å². The number of halogens is 1. The fourth-order valence-electron chi connectivity index (χ4n) is 1.74. The van der Waals surface area contributed by atoms with Crippen molar-refractivity contribution in [3.63, 3.8) is 0 Å². The molecule has 1 rings (SSSR count). The quantitative estimate of drug-likeness (QED) is 0.743. The molecule has 0 spiro atoms. The SMILES string of the molecule is CC(C)CCCC(C)NCc1ccc(Cl)nc1. The Morgan fingerprint density at radius 2 is 2.00 bits per heavy atom. The van der Waals surface area contributed by atoms with Crippen LogP contribution in [0.4, 0.5) is 0 Å². The molecule has 2 nitrogen and oxygen atoms in total. The van der Waals surface area contributed by atoms with Gasteiger partial charge >= 0.3 is 0 Å². The van der Waals surface area contributed by atoms with Crippen LogP contribution in [0.1, 0.15) is 45.6 Å². The molecule has 0 aliphatic rings. The highest BCUT2D eigenvalue weighted by atomic mass is 35.5. The summed E-state index contributed by atoms with van der Waals surface area (Å²) in [6.45, 7) is 7.66. The molecule has 0 aliphatic heterocycles. The molecule has 0 saturated carbocycles. The van der Waals surface area contributed by atoms with Crippen LogP contribution in [0.5, 0.6) is 0 Å². The second-order valence-corrected chi connectivity index (χ2v) is 5.48. The Morgan fingerprint density at radius 1 is 1.24 bits per heavy atom. The monoisotopic (exact) mass is 254 g/mol. The van der Waals surface area contributed by atoms with Gasteiger partial charge in [0.15, 0.2) is 0 Å². The zero-order valence-corrected chi connectivity index (χ0v) is 11.8. The summed E-state index contributed by atoms with van der Waals surface area (Å²) in [5, 5.41) is 4.06. The lowest BCUT2D eigenvalue weighted by molar-refractivity contribution is 0.457. The Balaban J connectivity index is 2.19. The summed E-state index contributed by atoms with van der Waals surface area (Å²) in [6, 6.07) is 4.41. The van der Waals surface area contributed by atoms with Gasteiger partial charge in [0.1, 0.15) is 5.15 Å². The largest absolute Gasteiger partial charge is 0.310 e. The summed E-state index contributed by atoms with van der Waals surface area (Å²) in [7, 11) is 0. The zero-order valence-electron chi connectivity index (χ0n) is 11.0. The lowest BCUT2D eigenvalue weighted by atomic mass is 10.0. The van der Waals surface area contributed by atoms with Crippen molar-refractivity contribution in [2.45, 2.75) is 52.6 Å². The van der Waals surface area contributed by atoms with Crippen molar-refractivity contribution in [1.82, 2.24) is 10.3 Å². The van der Waals surface area contributed by atoms with Gasteiger partial charge in [-0.05, 0) is 30.9 Å². The van der Waals surface area contributed by atoms with Crippen molar-refractivity contribution < 1.29 is 0 Å². The van der Waals surface area contributed by atoms with E-state index in [0.29, 0.717) is 11.2 Å². The molecule has 0 bridgehead atoms. The van der Waals surface area contributed by atoms with E-state index in [-0.39, 0.29) is 0 Å². The number of nitrogens with one attached hydrogen (secondary N) is 1. The van der Waals surface area contributed by atoms with E-state index in [9.17, 15) is 0 Å². The first kappa shape index (κ1) is 14.5. The van der Waals surface area contributed by atoms with Gasteiger partial charge < -0.3 is 5.32 Å². The van der Waals surface area contributed by atoms with Crippen molar-refractivity contribution in [3.05, 3.63) is 29.0 Å². The Labute approximate surface area is 110 Å². The average molecular weight is 255 g/mol. The number of hydrogen-bond donors (Lipinski definition) is 1. The van der Waals surface area contributed by atoms with Crippen LogP contribution in [0, 0.1) is 5.92 Å². The highest BCUT2D eigenvalue weighted by Crippen LogP contribution is 2.09. The normalized spacial score (nSPS) is 13.0. The smallest absolute Gasteiger partial charge is 0.129 e. The van der Waals surface area contributed by atoms with Gasteiger partial charge in [-0.2, -0.15) is 0 Å². The van der Waals surface area contributed by atoms with Crippen molar-refractivity contribution >= 4 is 11.6 Å². The molecule has 0 saturated heterocycles. The van der Waals surface area contributed by atoms with Crippen molar-refractivity contribution in [3.8, 4) is 0 Å². The molecular formula is C14H23ClN2. The van der Waals surface area contributed by atoms with Crippen LogP contribution in [0.3, 0.4) is 0 Å². The van der Waals surface area contributed by atoms with Gasteiger partial charge in [-0.15, -0.1) is 0 Å². The molecule has 1 heterocycles. The average Bonchev–Trinajstić information content (AvgIpc) is 2.28. The molecule has 1 atom stereocenters. The molecule has 1 N–H and O–H groups in total. The molecule has 0 amide bonds. The van der Waals surface area contributed by atoms with E-state index in [2.05, 4.69) is 31.1 Å². The standard InChI is InChI=1S/C14H23ClN2/c1-11(2)5-4-6-12(3)16-9-13-7-8-14(15)17-10-13/h7-8,10-12,16H,4-6,9H2,1-3H3. The second kappa shape index (κ2) is 7.67. The third-order valence-electron chi connectivity index (χ3n) is 2.86. The number of pyridine rings is 1. The summed E-state index contributed by atoms with van der Waals surface area (Å²) in [6.07, 6.45) is 5.68. The van der Waals surface area contributed by atoms with E-state index in [0.717, 1.165) is 12.5 Å². The van der Waals surface area contributed by atoms with E-state index in [1.165, 1.54) is 24.8 Å². The van der Waals surface area contributed by atoms with E-state index in [4.69, 9.17) is 11.6 Å². The van der Waals surface area contributed by atoms with Crippen LogP contribution in [0.2, 0.25) is 5.15 Å². The summed E-state index contributed by atoms with van der Waals surface area (Å²) in [4.78, 5) is 4.07. The van der Waals surface area contributed by atoms with Gasteiger partial charge in [0.2, 0.25) is 0 Å². The van der Waals surface area contributed by atoms with E-state index >= 15 is 0 Å². The third-order valence-corrected chi connectivity index (χ3v) is 3.09. The molecule has 0 fully saturated rings. The minimum atomic E-state index is 0.554. The second-order valence-electron chi connectivity index (χ2n) is 5.10. The van der Waals surface area contributed by atoms with Gasteiger partial charge in [-0.25, -0.2) is 4.98 Å². The molecule has 3 heteroatoms. The van der Waals surface area contributed by atoms with Crippen LogP contribution in [0.25, 0.3) is 0 Å². The number of hydrogen-bond acceptors (Lipinski definition) is 2. The van der Waals surface area contributed by atoms with Crippen molar-refractivity contribution in [2.24, 2.45) is 5.92 Å². The molecule has 0 aromatic carbocycles. The maximum absolute atomic E-state index is 5.74. The first-order valence-electron chi connectivity index (χ1n) is 6.41. The van der Waals surface area contributed by atoms with E-state index < -0.39 is 0 Å². The minimum absolute atomic E-state index is 0.554. The zero-order chi connectivity index (χ0) is 12.7. The Hall–Kier alpha value is -0.600. The predicted molar refractivity (Wildman–Crippen MR) is 74.2 cm³/mol. The van der Waals surface area contributed by atoms with Crippen LogP contribution < -0.4 is 5.32 Å². The van der Waals surface area contributed by atoms with Crippen LogP contribution in [-0.2, 0) is 6.54 Å². The van der Waals surface area contributed by atoms with E-state index in [1.54, 1.807) is 0 Å². The lowest BCUT2D eigenvalue weighted by Crippen LogP contribution is -2.25.